The Kier molecular flexibility index (Phi) is 4.68. The zero-order chi connectivity index (χ0) is 13.7. The summed E-state index contributed by atoms with van der Waals surface area (Å²) in [6.07, 6.45) is 5.79. The maximum atomic E-state index is 11.9. The number of nitrogens with one attached hydrogen (secondary N) is 1. The SMILES string of the molecule is CCCNc1ncccc1Cn1cncc(Br)c1=O. The van der Waals surface area contributed by atoms with Crippen LogP contribution in [0.2, 0.25) is 0 Å². The smallest absolute Gasteiger partial charge is 0.267 e. The van der Waals surface area contributed by atoms with Crippen molar-refractivity contribution in [2.24, 2.45) is 0 Å². The van der Waals surface area contributed by atoms with Gasteiger partial charge in [0.25, 0.3) is 5.56 Å². The number of hydrogen-bond acceptors (Lipinski definition) is 4. The molecule has 0 saturated heterocycles. The number of anilines is 1. The molecular weight excluding hydrogens is 308 g/mol. The van der Waals surface area contributed by atoms with E-state index in [1.54, 1.807) is 10.8 Å². The van der Waals surface area contributed by atoms with Crippen LogP contribution in [0, 0.1) is 0 Å². The zero-order valence-corrected chi connectivity index (χ0v) is 12.2. The molecule has 0 aliphatic rings. The van der Waals surface area contributed by atoms with E-state index in [-0.39, 0.29) is 5.56 Å². The average Bonchev–Trinajstić information content (AvgIpc) is 2.43. The van der Waals surface area contributed by atoms with Crippen molar-refractivity contribution in [1.29, 1.82) is 0 Å². The number of pyridine rings is 1. The van der Waals surface area contributed by atoms with Crippen LogP contribution in [-0.4, -0.2) is 21.1 Å². The second-order valence-corrected chi connectivity index (χ2v) is 4.97. The molecule has 0 fully saturated rings. The van der Waals surface area contributed by atoms with Gasteiger partial charge in [-0.3, -0.25) is 9.36 Å². The molecule has 2 heterocycles. The van der Waals surface area contributed by atoms with Crippen LogP contribution in [0.15, 0.2) is 40.1 Å². The monoisotopic (exact) mass is 322 g/mol. The highest BCUT2D eigenvalue weighted by Gasteiger charge is 2.06. The summed E-state index contributed by atoms with van der Waals surface area (Å²) in [4.78, 5) is 20.2. The first-order valence-corrected chi connectivity index (χ1v) is 6.89. The molecule has 2 aromatic heterocycles. The summed E-state index contributed by atoms with van der Waals surface area (Å²) in [5.74, 6) is 0.816. The van der Waals surface area contributed by atoms with Crippen molar-refractivity contribution in [3.63, 3.8) is 0 Å². The van der Waals surface area contributed by atoms with Gasteiger partial charge in [0.1, 0.15) is 10.3 Å². The molecule has 5 nitrogen and oxygen atoms in total. The minimum atomic E-state index is -0.0969. The van der Waals surface area contributed by atoms with Crippen molar-refractivity contribution >= 4 is 21.7 Å². The lowest BCUT2D eigenvalue weighted by molar-refractivity contribution is 0.728. The predicted molar refractivity (Wildman–Crippen MR) is 78.3 cm³/mol. The Balaban J connectivity index is 2.28. The van der Waals surface area contributed by atoms with Gasteiger partial charge in [-0.1, -0.05) is 13.0 Å². The number of halogens is 1. The van der Waals surface area contributed by atoms with E-state index in [4.69, 9.17) is 0 Å². The molecule has 0 spiro atoms. The molecule has 1 N–H and O–H groups in total. The lowest BCUT2D eigenvalue weighted by Crippen LogP contribution is -2.22. The molecule has 0 unspecified atom stereocenters. The number of aromatic nitrogens is 3. The molecule has 0 aliphatic heterocycles. The Hall–Kier alpha value is -1.69. The van der Waals surface area contributed by atoms with Crippen LogP contribution in [0.5, 0.6) is 0 Å². The Labute approximate surface area is 119 Å². The van der Waals surface area contributed by atoms with Crippen molar-refractivity contribution < 1.29 is 0 Å². The molecule has 2 rings (SSSR count). The summed E-state index contributed by atoms with van der Waals surface area (Å²) >= 11 is 3.19. The molecular formula is C13H15BrN4O. The molecule has 0 radical (unpaired) electrons. The van der Waals surface area contributed by atoms with Crippen LogP contribution >= 0.6 is 15.9 Å². The average molecular weight is 323 g/mol. The topological polar surface area (TPSA) is 59.8 Å². The quantitative estimate of drug-likeness (QED) is 0.917. The minimum absolute atomic E-state index is 0.0969. The van der Waals surface area contributed by atoms with Crippen LogP contribution < -0.4 is 10.9 Å². The van der Waals surface area contributed by atoms with E-state index in [2.05, 4.69) is 38.1 Å². The Bertz CT molecular complexity index is 612. The van der Waals surface area contributed by atoms with E-state index in [0.717, 1.165) is 24.3 Å². The third-order valence-corrected chi connectivity index (χ3v) is 3.18. The Morgan fingerprint density at radius 1 is 1.47 bits per heavy atom. The van der Waals surface area contributed by atoms with Gasteiger partial charge >= 0.3 is 0 Å². The molecule has 0 aromatic carbocycles. The van der Waals surface area contributed by atoms with Crippen molar-refractivity contribution in [3.8, 4) is 0 Å². The fraction of sp³-hybridized carbons (Fsp3) is 0.308. The third-order valence-electron chi connectivity index (χ3n) is 2.63. The van der Waals surface area contributed by atoms with Gasteiger partial charge in [0.05, 0.1) is 12.9 Å². The van der Waals surface area contributed by atoms with Crippen LogP contribution in [0.3, 0.4) is 0 Å². The Morgan fingerprint density at radius 3 is 3.11 bits per heavy atom. The standard InChI is InChI=1S/C13H15BrN4O/c1-2-5-16-12-10(4-3-6-17-12)8-18-9-15-7-11(14)13(18)19/h3-4,6-7,9H,2,5,8H2,1H3,(H,16,17). The summed E-state index contributed by atoms with van der Waals surface area (Å²) in [6, 6.07) is 3.82. The van der Waals surface area contributed by atoms with Crippen LogP contribution in [-0.2, 0) is 6.54 Å². The normalized spacial score (nSPS) is 10.4. The van der Waals surface area contributed by atoms with E-state index in [1.165, 1.54) is 12.5 Å². The van der Waals surface area contributed by atoms with Crippen molar-refractivity contribution in [2.45, 2.75) is 19.9 Å². The van der Waals surface area contributed by atoms with E-state index in [0.29, 0.717) is 11.0 Å². The molecule has 0 atom stereocenters. The molecule has 0 amide bonds. The highest BCUT2D eigenvalue weighted by molar-refractivity contribution is 9.10. The fourth-order valence-electron chi connectivity index (χ4n) is 1.69. The third kappa shape index (κ3) is 3.41. The second-order valence-electron chi connectivity index (χ2n) is 4.11. The Morgan fingerprint density at radius 2 is 2.32 bits per heavy atom. The summed E-state index contributed by atoms with van der Waals surface area (Å²) < 4.78 is 2.01. The molecule has 0 aliphatic carbocycles. The van der Waals surface area contributed by atoms with Gasteiger partial charge in [-0.2, -0.15) is 0 Å². The number of hydrogen-bond donors (Lipinski definition) is 1. The maximum Gasteiger partial charge on any atom is 0.267 e. The van der Waals surface area contributed by atoms with Crippen molar-refractivity contribution in [3.05, 3.63) is 51.2 Å². The van der Waals surface area contributed by atoms with Gasteiger partial charge in [-0.15, -0.1) is 0 Å². The van der Waals surface area contributed by atoms with Crippen LogP contribution in [0.1, 0.15) is 18.9 Å². The summed E-state index contributed by atoms with van der Waals surface area (Å²) in [5.41, 5.74) is 0.873. The van der Waals surface area contributed by atoms with Crippen molar-refractivity contribution in [2.75, 3.05) is 11.9 Å². The molecule has 100 valence electrons. The van der Waals surface area contributed by atoms with Gasteiger partial charge in [0.2, 0.25) is 0 Å². The van der Waals surface area contributed by atoms with Gasteiger partial charge in [0.15, 0.2) is 0 Å². The van der Waals surface area contributed by atoms with Gasteiger partial charge in [0, 0.05) is 24.5 Å². The summed E-state index contributed by atoms with van der Waals surface area (Å²) in [7, 11) is 0. The second kappa shape index (κ2) is 6.47. The van der Waals surface area contributed by atoms with E-state index in [1.807, 2.05) is 12.1 Å². The molecule has 19 heavy (non-hydrogen) atoms. The number of rotatable bonds is 5. The first-order chi connectivity index (χ1) is 9.22. The fourth-order valence-corrected chi connectivity index (χ4v) is 2.03. The maximum absolute atomic E-state index is 11.9. The highest BCUT2D eigenvalue weighted by atomic mass is 79.9. The zero-order valence-electron chi connectivity index (χ0n) is 10.6. The molecule has 0 bridgehead atoms. The summed E-state index contributed by atoms with van der Waals surface area (Å²) in [5, 5.41) is 3.26. The van der Waals surface area contributed by atoms with E-state index < -0.39 is 0 Å². The van der Waals surface area contributed by atoms with E-state index >= 15 is 0 Å². The summed E-state index contributed by atoms with van der Waals surface area (Å²) in [6.45, 7) is 3.40. The number of nitrogens with zero attached hydrogens (tertiary/aromatic N) is 3. The van der Waals surface area contributed by atoms with Crippen molar-refractivity contribution in [1.82, 2.24) is 14.5 Å². The first-order valence-electron chi connectivity index (χ1n) is 6.10. The van der Waals surface area contributed by atoms with Gasteiger partial charge in [-0.25, -0.2) is 9.97 Å². The largest absolute Gasteiger partial charge is 0.370 e. The highest BCUT2D eigenvalue weighted by Crippen LogP contribution is 2.12. The first kappa shape index (κ1) is 13.7. The van der Waals surface area contributed by atoms with Gasteiger partial charge in [-0.05, 0) is 28.4 Å². The lowest BCUT2D eigenvalue weighted by Gasteiger charge is -2.11. The molecule has 2 aromatic rings. The predicted octanol–water partition coefficient (Wildman–Crippen LogP) is 2.27. The minimum Gasteiger partial charge on any atom is -0.370 e. The lowest BCUT2D eigenvalue weighted by atomic mass is 10.2. The van der Waals surface area contributed by atoms with Crippen LogP contribution in [0.25, 0.3) is 0 Å². The van der Waals surface area contributed by atoms with Crippen LogP contribution in [0.4, 0.5) is 5.82 Å². The molecule has 0 saturated carbocycles. The van der Waals surface area contributed by atoms with Gasteiger partial charge < -0.3 is 5.32 Å². The van der Waals surface area contributed by atoms with E-state index in [9.17, 15) is 4.79 Å². The molecule has 6 heteroatoms.